The first-order valence-electron chi connectivity index (χ1n) is 4.38. The van der Waals surface area contributed by atoms with Gasteiger partial charge in [0, 0.05) is 6.42 Å². The third kappa shape index (κ3) is 2.51. The summed E-state index contributed by atoms with van der Waals surface area (Å²) in [6.45, 7) is 2.13. The van der Waals surface area contributed by atoms with E-state index in [4.69, 9.17) is 9.84 Å². The van der Waals surface area contributed by atoms with Crippen LogP contribution < -0.4 is 0 Å². The van der Waals surface area contributed by atoms with Crippen molar-refractivity contribution in [2.75, 3.05) is 6.61 Å². The highest BCUT2D eigenvalue weighted by atomic mass is 19.1. The van der Waals surface area contributed by atoms with Crippen LogP contribution in [-0.2, 0) is 4.74 Å². The molecular formula is C9H15FO4. The van der Waals surface area contributed by atoms with Crippen LogP contribution in [0, 0.1) is 0 Å². The summed E-state index contributed by atoms with van der Waals surface area (Å²) < 4.78 is 18.1. The third-order valence-corrected chi connectivity index (χ3v) is 2.02. The number of halogens is 1. The van der Waals surface area contributed by atoms with Gasteiger partial charge in [0.25, 0.3) is 0 Å². The van der Waals surface area contributed by atoms with Crippen LogP contribution in [0.2, 0.25) is 0 Å². The van der Waals surface area contributed by atoms with Gasteiger partial charge in [-0.25, -0.2) is 4.39 Å². The number of ether oxygens (including phenoxy) is 1. The van der Waals surface area contributed by atoms with E-state index in [1.54, 1.807) is 0 Å². The molecule has 1 rings (SSSR count). The van der Waals surface area contributed by atoms with Crippen molar-refractivity contribution < 1.29 is 24.4 Å². The lowest BCUT2D eigenvalue weighted by Crippen LogP contribution is -2.35. The summed E-state index contributed by atoms with van der Waals surface area (Å²) in [5, 5.41) is 27.5. The molecule has 82 valence electrons. The lowest BCUT2D eigenvalue weighted by Gasteiger charge is -2.25. The summed E-state index contributed by atoms with van der Waals surface area (Å²) >= 11 is 0. The topological polar surface area (TPSA) is 69.9 Å². The summed E-state index contributed by atoms with van der Waals surface area (Å²) in [6.07, 6.45) is 0.264. The minimum Gasteiger partial charge on any atom is -0.393 e. The van der Waals surface area contributed by atoms with Gasteiger partial charge < -0.3 is 20.1 Å². The average Bonchev–Trinajstić information content (AvgIpc) is 2.25. The number of rotatable bonds is 3. The van der Waals surface area contributed by atoms with E-state index in [1.165, 1.54) is 13.8 Å². The van der Waals surface area contributed by atoms with E-state index in [0.717, 1.165) is 6.08 Å². The lowest BCUT2D eigenvalue weighted by molar-refractivity contribution is -0.199. The molecule has 0 saturated carbocycles. The molecule has 0 aromatic carbocycles. The third-order valence-electron chi connectivity index (χ3n) is 2.02. The SMILES string of the molecule is CC(C)(O)OC1C=C(F)[C@@](O)(CO)C1. The van der Waals surface area contributed by atoms with Gasteiger partial charge in [0.1, 0.15) is 11.4 Å². The number of aliphatic hydroxyl groups excluding tert-OH is 1. The van der Waals surface area contributed by atoms with Crippen LogP contribution in [0.4, 0.5) is 4.39 Å². The van der Waals surface area contributed by atoms with E-state index < -0.39 is 29.9 Å². The van der Waals surface area contributed by atoms with E-state index in [0.29, 0.717) is 0 Å². The van der Waals surface area contributed by atoms with Crippen molar-refractivity contribution in [1.82, 2.24) is 0 Å². The van der Waals surface area contributed by atoms with E-state index >= 15 is 0 Å². The van der Waals surface area contributed by atoms with Crippen LogP contribution in [0.15, 0.2) is 11.9 Å². The van der Waals surface area contributed by atoms with Crippen LogP contribution in [0.5, 0.6) is 0 Å². The number of aliphatic hydroxyl groups is 3. The quantitative estimate of drug-likeness (QED) is 0.572. The van der Waals surface area contributed by atoms with Gasteiger partial charge in [0.05, 0.1) is 12.7 Å². The second-order valence-electron chi connectivity index (χ2n) is 4.01. The van der Waals surface area contributed by atoms with Gasteiger partial charge in [-0.3, -0.25) is 0 Å². The average molecular weight is 206 g/mol. The predicted molar refractivity (Wildman–Crippen MR) is 47.0 cm³/mol. The minimum absolute atomic E-state index is 0.0840. The highest BCUT2D eigenvalue weighted by molar-refractivity contribution is 5.20. The maximum atomic E-state index is 13.1. The Kier molecular flexibility index (Phi) is 2.96. The van der Waals surface area contributed by atoms with Crippen LogP contribution >= 0.6 is 0 Å². The molecule has 0 aromatic heterocycles. The molecule has 1 unspecified atom stereocenters. The molecule has 0 fully saturated rings. The van der Waals surface area contributed by atoms with Gasteiger partial charge in [-0.2, -0.15) is 0 Å². The molecule has 4 nitrogen and oxygen atoms in total. The Morgan fingerprint density at radius 3 is 2.64 bits per heavy atom. The Morgan fingerprint density at radius 2 is 2.29 bits per heavy atom. The maximum absolute atomic E-state index is 13.1. The summed E-state index contributed by atoms with van der Waals surface area (Å²) in [4.78, 5) is 0. The maximum Gasteiger partial charge on any atom is 0.160 e. The van der Waals surface area contributed by atoms with Crippen molar-refractivity contribution in [3.05, 3.63) is 11.9 Å². The Labute approximate surface area is 81.6 Å². The van der Waals surface area contributed by atoms with Gasteiger partial charge in [-0.05, 0) is 19.9 Å². The molecule has 0 aliphatic heterocycles. The second kappa shape index (κ2) is 3.58. The zero-order valence-corrected chi connectivity index (χ0v) is 8.20. The van der Waals surface area contributed by atoms with Crippen LogP contribution in [0.25, 0.3) is 0 Å². The summed E-state index contributed by atoms with van der Waals surface area (Å²) in [6, 6.07) is 0. The smallest absolute Gasteiger partial charge is 0.160 e. The van der Waals surface area contributed by atoms with Crippen molar-refractivity contribution in [2.24, 2.45) is 0 Å². The van der Waals surface area contributed by atoms with Gasteiger partial charge in [0.2, 0.25) is 0 Å². The molecule has 0 spiro atoms. The minimum atomic E-state index is -1.85. The first-order chi connectivity index (χ1) is 6.27. The van der Waals surface area contributed by atoms with E-state index in [2.05, 4.69) is 0 Å². The normalized spacial score (nSPS) is 33.3. The second-order valence-corrected chi connectivity index (χ2v) is 4.01. The largest absolute Gasteiger partial charge is 0.393 e. The highest BCUT2D eigenvalue weighted by Gasteiger charge is 2.42. The molecule has 0 aromatic rings. The zero-order chi connectivity index (χ0) is 11.0. The molecule has 0 amide bonds. The van der Waals surface area contributed by atoms with E-state index in [9.17, 15) is 14.6 Å². The van der Waals surface area contributed by atoms with Crippen molar-refractivity contribution in [2.45, 2.75) is 37.8 Å². The van der Waals surface area contributed by atoms with Crippen LogP contribution in [0.1, 0.15) is 20.3 Å². The molecule has 0 bridgehead atoms. The van der Waals surface area contributed by atoms with Crippen molar-refractivity contribution in [3.63, 3.8) is 0 Å². The highest BCUT2D eigenvalue weighted by Crippen LogP contribution is 2.33. The van der Waals surface area contributed by atoms with Crippen LogP contribution in [0.3, 0.4) is 0 Å². The Morgan fingerprint density at radius 1 is 1.71 bits per heavy atom. The zero-order valence-electron chi connectivity index (χ0n) is 8.20. The van der Waals surface area contributed by atoms with Crippen molar-refractivity contribution in [3.8, 4) is 0 Å². The van der Waals surface area contributed by atoms with Gasteiger partial charge in [0.15, 0.2) is 5.79 Å². The van der Waals surface area contributed by atoms with Gasteiger partial charge in [-0.1, -0.05) is 0 Å². The molecule has 1 aliphatic rings. The van der Waals surface area contributed by atoms with E-state index in [-0.39, 0.29) is 6.42 Å². The molecule has 1 aliphatic carbocycles. The van der Waals surface area contributed by atoms with Gasteiger partial charge in [-0.15, -0.1) is 0 Å². The first-order valence-corrected chi connectivity index (χ1v) is 4.38. The molecule has 2 atom stereocenters. The lowest BCUT2D eigenvalue weighted by atomic mass is 10.0. The summed E-state index contributed by atoms with van der Waals surface area (Å²) in [5.41, 5.74) is -1.85. The summed E-state index contributed by atoms with van der Waals surface area (Å²) in [5.74, 6) is -2.20. The fourth-order valence-electron chi connectivity index (χ4n) is 1.39. The molecular weight excluding hydrogens is 191 g/mol. The van der Waals surface area contributed by atoms with Crippen molar-refractivity contribution in [1.29, 1.82) is 0 Å². The van der Waals surface area contributed by atoms with Crippen molar-refractivity contribution >= 4 is 0 Å². The Bertz CT molecular complexity index is 246. The molecule has 0 radical (unpaired) electrons. The number of hydrogen-bond acceptors (Lipinski definition) is 4. The monoisotopic (exact) mass is 206 g/mol. The predicted octanol–water partition coefficient (Wildman–Crippen LogP) is 0.0805. The molecule has 14 heavy (non-hydrogen) atoms. The fourth-order valence-corrected chi connectivity index (χ4v) is 1.39. The number of hydrogen-bond donors (Lipinski definition) is 3. The first kappa shape index (κ1) is 11.6. The fraction of sp³-hybridized carbons (Fsp3) is 0.778. The Hall–Kier alpha value is -0.490. The van der Waals surface area contributed by atoms with E-state index in [1.807, 2.05) is 0 Å². The molecule has 0 heterocycles. The molecule has 3 N–H and O–H groups in total. The standard InChI is InChI=1S/C9H15FO4/c1-8(2,12)14-6-3-7(10)9(13,4-6)5-11/h3,6,11-13H,4-5H2,1-2H3/t6?,9-/m0/s1. The Balaban J connectivity index is 2.65. The molecule has 0 saturated heterocycles. The summed E-state index contributed by atoms with van der Waals surface area (Å²) in [7, 11) is 0. The molecule has 5 heteroatoms. The van der Waals surface area contributed by atoms with Gasteiger partial charge >= 0.3 is 0 Å². The van der Waals surface area contributed by atoms with Crippen LogP contribution in [-0.4, -0.2) is 39.4 Å².